The molecule has 0 aliphatic carbocycles. The quantitative estimate of drug-likeness (QED) is 0.250. The molecule has 1 amide bonds. The van der Waals surface area contributed by atoms with Gasteiger partial charge in [0.25, 0.3) is 0 Å². The van der Waals surface area contributed by atoms with Crippen LogP contribution in [0.1, 0.15) is 34.1 Å². The molecule has 0 aliphatic rings. The Bertz CT molecular complexity index is 395. The van der Waals surface area contributed by atoms with E-state index >= 15 is 0 Å². The molecule has 5 N–H and O–H groups in total. The normalized spacial score (nSPS) is 15.0. The van der Waals surface area contributed by atoms with E-state index in [1.165, 1.54) is 13.8 Å². The third kappa shape index (κ3) is 6.82. The van der Waals surface area contributed by atoms with E-state index in [2.05, 4.69) is 5.32 Å². The number of carbonyl (C=O) groups is 2. The number of aliphatic hydroxyl groups excluding tert-OH is 4. The summed E-state index contributed by atoms with van der Waals surface area (Å²) >= 11 is 0. The first-order valence-electron chi connectivity index (χ1n) is 7.52. The lowest BCUT2D eigenvalue weighted by molar-refractivity contribution is -0.168. The van der Waals surface area contributed by atoms with Crippen molar-refractivity contribution in [1.82, 2.24) is 5.32 Å². The molecule has 8 nitrogen and oxygen atoms in total. The molecule has 0 spiro atoms. The maximum atomic E-state index is 11.8. The highest BCUT2D eigenvalue weighted by Gasteiger charge is 2.38. The number of carbonyl (C=O) groups excluding carboxylic acids is 2. The van der Waals surface area contributed by atoms with Crippen LogP contribution in [0.5, 0.6) is 0 Å². The molecule has 136 valence electrons. The van der Waals surface area contributed by atoms with E-state index in [4.69, 9.17) is 14.9 Å². The predicted molar refractivity (Wildman–Crippen MR) is 82.3 cm³/mol. The SMILES string of the molecule is CC(C)(COC(=O)[C@H](O)C(C)(C)CO)C(O)C(=O)NCCCO. The molecule has 0 fully saturated rings. The minimum atomic E-state index is -1.51. The van der Waals surface area contributed by atoms with Gasteiger partial charge in [-0.2, -0.15) is 0 Å². The Labute approximate surface area is 136 Å². The lowest BCUT2D eigenvalue weighted by Crippen LogP contribution is -2.47. The number of ether oxygens (including phenoxy) is 1. The molecule has 0 heterocycles. The minimum absolute atomic E-state index is 0.0735. The van der Waals surface area contributed by atoms with Gasteiger partial charge < -0.3 is 30.5 Å². The molecule has 0 saturated heterocycles. The van der Waals surface area contributed by atoms with Gasteiger partial charge in [-0.3, -0.25) is 4.79 Å². The van der Waals surface area contributed by atoms with Gasteiger partial charge in [0.05, 0.1) is 13.2 Å². The Morgan fingerprint density at radius 3 is 2.09 bits per heavy atom. The number of aliphatic hydroxyl groups is 4. The Morgan fingerprint density at radius 2 is 1.61 bits per heavy atom. The zero-order chi connectivity index (χ0) is 18.3. The lowest BCUT2D eigenvalue weighted by Gasteiger charge is -2.31. The number of hydrogen-bond acceptors (Lipinski definition) is 7. The summed E-state index contributed by atoms with van der Waals surface area (Å²) in [5.74, 6) is -1.55. The number of rotatable bonds is 10. The standard InChI is InChI=1S/C15H29NO7/c1-14(2,8-18)11(20)13(22)23-9-15(3,4)10(19)12(21)16-6-5-7-17/h10-11,17-20H,5-9H2,1-4H3,(H,16,21)/t10?,11-/m0/s1. The molecule has 0 aromatic rings. The molecule has 0 aromatic heterocycles. The summed E-state index contributed by atoms with van der Waals surface area (Å²) in [7, 11) is 0. The van der Waals surface area contributed by atoms with E-state index in [0.717, 1.165) is 0 Å². The van der Waals surface area contributed by atoms with Crippen LogP contribution in [0.3, 0.4) is 0 Å². The average molecular weight is 335 g/mol. The van der Waals surface area contributed by atoms with E-state index in [1.807, 2.05) is 0 Å². The molecule has 0 aromatic carbocycles. The molecule has 0 saturated carbocycles. The summed E-state index contributed by atoms with van der Waals surface area (Å²) in [5, 5.41) is 40.1. The van der Waals surface area contributed by atoms with Crippen molar-refractivity contribution in [1.29, 1.82) is 0 Å². The van der Waals surface area contributed by atoms with E-state index in [0.29, 0.717) is 6.42 Å². The maximum Gasteiger partial charge on any atom is 0.335 e. The maximum absolute atomic E-state index is 11.8. The van der Waals surface area contributed by atoms with E-state index < -0.39 is 41.5 Å². The first-order chi connectivity index (χ1) is 10.5. The van der Waals surface area contributed by atoms with Crippen molar-refractivity contribution in [3.8, 4) is 0 Å². The van der Waals surface area contributed by atoms with E-state index in [-0.39, 0.29) is 19.8 Å². The summed E-state index contributed by atoms with van der Waals surface area (Å²) < 4.78 is 4.97. The Balaban J connectivity index is 4.56. The minimum Gasteiger partial charge on any atom is -0.463 e. The molecule has 0 rings (SSSR count). The molecule has 1 unspecified atom stereocenters. The van der Waals surface area contributed by atoms with Crippen molar-refractivity contribution in [2.75, 3.05) is 26.4 Å². The predicted octanol–water partition coefficient (Wildman–Crippen LogP) is -1.21. The van der Waals surface area contributed by atoms with Gasteiger partial charge in [-0.05, 0) is 6.42 Å². The van der Waals surface area contributed by atoms with Crippen molar-refractivity contribution >= 4 is 11.9 Å². The topological polar surface area (TPSA) is 136 Å². The van der Waals surface area contributed by atoms with E-state index in [9.17, 15) is 19.8 Å². The van der Waals surface area contributed by atoms with Crippen molar-refractivity contribution in [3.63, 3.8) is 0 Å². The Hall–Kier alpha value is -1.22. The molecule has 23 heavy (non-hydrogen) atoms. The summed E-state index contributed by atoms with van der Waals surface area (Å²) in [4.78, 5) is 23.6. The smallest absolute Gasteiger partial charge is 0.335 e. The fraction of sp³-hybridized carbons (Fsp3) is 0.867. The van der Waals surface area contributed by atoms with Gasteiger partial charge in [0.2, 0.25) is 5.91 Å². The molecule has 0 radical (unpaired) electrons. The monoisotopic (exact) mass is 335 g/mol. The molecule has 0 bridgehead atoms. The Morgan fingerprint density at radius 1 is 1.04 bits per heavy atom. The third-order valence-corrected chi connectivity index (χ3v) is 3.58. The second kappa shape index (κ2) is 9.17. The van der Waals surface area contributed by atoms with Gasteiger partial charge in [-0.15, -0.1) is 0 Å². The van der Waals surface area contributed by atoms with Crippen molar-refractivity contribution in [2.24, 2.45) is 10.8 Å². The van der Waals surface area contributed by atoms with Gasteiger partial charge in [0.1, 0.15) is 6.10 Å². The Kier molecular flexibility index (Phi) is 8.68. The summed E-state index contributed by atoms with van der Waals surface area (Å²) in [6.45, 7) is 5.57. The molecular weight excluding hydrogens is 306 g/mol. The van der Waals surface area contributed by atoms with Crippen LogP contribution in [0.25, 0.3) is 0 Å². The van der Waals surface area contributed by atoms with Crippen molar-refractivity contribution < 1.29 is 34.8 Å². The molecule has 8 heteroatoms. The third-order valence-electron chi connectivity index (χ3n) is 3.58. The molecule has 0 aliphatic heterocycles. The van der Waals surface area contributed by atoms with E-state index in [1.54, 1.807) is 13.8 Å². The van der Waals surface area contributed by atoms with Crippen LogP contribution in [0.15, 0.2) is 0 Å². The van der Waals surface area contributed by atoms with Crippen LogP contribution < -0.4 is 5.32 Å². The zero-order valence-electron chi connectivity index (χ0n) is 14.2. The second-order valence-corrected chi connectivity index (χ2v) is 6.92. The molecule has 2 atom stereocenters. The van der Waals surface area contributed by atoms with Gasteiger partial charge in [0, 0.05) is 24.0 Å². The largest absolute Gasteiger partial charge is 0.463 e. The fourth-order valence-electron chi connectivity index (χ4n) is 1.56. The highest BCUT2D eigenvalue weighted by Crippen LogP contribution is 2.24. The number of nitrogens with one attached hydrogen (secondary N) is 1. The lowest BCUT2D eigenvalue weighted by atomic mass is 9.86. The van der Waals surface area contributed by atoms with Gasteiger partial charge in [-0.1, -0.05) is 27.7 Å². The van der Waals surface area contributed by atoms with Crippen LogP contribution in [0.4, 0.5) is 0 Å². The average Bonchev–Trinajstić information content (AvgIpc) is 2.51. The van der Waals surface area contributed by atoms with Gasteiger partial charge >= 0.3 is 5.97 Å². The highest BCUT2D eigenvalue weighted by molar-refractivity contribution is 5.81. The van der Waals surface area contributed by atoms with Gasteiger partial charge in [-0.25, -0.2) is 4.79 Å². The van der Waals surface area contributed by atoms with Crippen molar-refractivity contribution in [2.45, 2.75) is 46.3 Å². The fourth-order valence-corrected chi connectivity index (χ4v) is 1.56. The van der Waals surface area contributed by atoms with Crippen LogP contribution in [0.2, 0.25) is 0 Å². The molecular formula is C15H29NO7. The zero-order valence-corrected chi connectivity index (χ0v) is 14.2. The van der Waals surface area contributed by atoms with Crippen LogP contribution in [-0.2, 0) is 14.3 Å². The van der Waals surface area contributed by atoms with Gasteiger partial charge in [0.15, 0.2) is 6.10 Å². The highest BCUT2D eigenvalue weighted by atomic mass is 16.5. The number of esters is 1. The second-order valence-electron chi connectivity index (χ2n) is 6.92. The number of hydrogen-bond donors (Lipinski definition) is 5. The summed E-state index contributed by atoms with van der Waals surface area (Å²) in [6, 6.07) is 0. The van der Waals surface area contributed by atoms with Crippen molar-refractivity contribution in [3.05, 3.63) is 0 Å². The summed E-state index contributed by atoms with van der Waals surface area (Å²) in [6.07, 6.45) is -2.56. The number of amides is 1. The van der Waals surface area contributed by atoms with Crippen LogP contribution in [-0.4, -0.2) is 70.9 Å². The van der Waals surface area contributed by atoms with Crippen LogP contribution in [0, 0.1) is 10.8 Å². The first-order valence-corrected chi connectivity index (χ1v) is 7.52. The first kappa shape index (κ1) is 21.8. The van der Waals surface area contributed by atoms with Crippen LogP contribution >= 0.6 is 0 Å². The summed E-state index contributed by atoms with van der Waals surface area (Å²) in [5.41, 5.74) is -2.12.